The molecule has 1 atom stereocenters. The quantitative estimate of drug-likeness (QED) is 0.206. The maximum Gasteiger partial charge on any atom is 0.250 e. The molecule has 1 fully saturated rings. The number of benzene rings is 3. The summed E-state index contributed by atoms with van der Waals surface area (Å²) in [4.78, 5) is 2.51. The zero-order valence-electron chi connectivity index (χ0n) is 32.2. The number of hydrogen-bond acceptors (Lipinski definition) is 6. The Balaban J connectivity index is 1.35. The van der Waals surface area contributed by atoms with E-state index in [2.05, 4.69) is 133 Å². The number of piperidine rings is 1. The van der Waals surface area contributed by atoms with Gasteiger partial charge >= 0.3 is 0 Å². The third-order valence-electron chi connectivity index (χ3n) is 11.6. The first-order valence-electron chi connectivity index (χ1n) is 18.7. The summed E-state index contributed by atoms with van der Waals surface area (Å²) in [5, 5.41) is 0.189. The van der Waals surface area contributed by atoms with Gasteiger partial charge in [0.1, 0.15) is 41.5 Å². The highest BCUT2D eigenvalue weighted by Crippen LogP contribution is 2.53. The Kier molecular flexibility index (Phi) is 10.3. The molecule has 0 bridgehead atoms. The van der Waals surface area contributed by atoms with Gasteiger partial charge in [-0.15, -0.1) is 0 Å². The van der Waals surface area contributed by atoms with Crippen LogP contribution >= 0.6 is 0 Å². The van der Waals surface area contributed by atoms with Crippen LogP contribution in [0.3, 0.4) is 0 Å². The second kappa shape index (κ2) is 14.1. The van der Waals surface area contributed by atoms with Crippen LogP contribution < -0.4 is 23.1 Å². The van der Waals surface area contributed by atoms with Crippen LogP contribution in [0.1, 0.15) is 90.0 Å². The van der Waals surface area contributed by atoms with Gasteiger partial charge in [0.25, 0.3) is 0 Å². The van der Waals surface area contributed by atoms with Gasteiger partial charge in [-0.3, -0.25) is 4.90 Å². The Morgan fingerprint density at radius 2 is 1.26 bits per heavy atom. The van der Waals surface area contributed by atoms with Crippen molar-refractivity contribution in [2.75, 3.05) is 32.8 Å². The van der Waals surface area contributed by atoms with Crippen LogP contribution in [-0.4, -0.2) is 54.4 Å². The molecule has 50 heavy (non-hydrogen) atoms. The zero-order valence-corrected chi connectivity index (χ0v) is 34.2. The van der Waals surface area contributed by atoms with Crippen molar-refractivity contribution in [2.45, 2.75) is 110 Å². The number of hydrogen-bond donors (Lipinski definition) is 0. The molecule has 8 heteroatoms. The summed E-state index contributed by atoms with van der Waals surface area (Å²) >= 11 is 0. The predicted octanol–water partition coefficient (Wildman–Crippen LogP) is 11.1. The molecule has 0 aromatic heterocycles. The lowest BCUT2D eigenvalue weighted by molar-refractivity contribution is 0.183. The van der Waals surface area contributed by atoms with E-state index in [0.29, 0.717) is 13.2 Å². The molecular formula is C42H59NO5Si2. The van der Waals surface area contributed by atoms with Crippen LogP contribution in [0.25, 0.3) is 11.1 Å². The van der Waals surface area contributed by atoms with Crippen LogP contribution in [0, 0.1) is 0 Å². The second-order valence-electron chi connectivity index (χ2n) is 17.3. The maximum atomic E-state index is 7.05. The minimum Gasteiger partial charge on any atom is -0.543 e. The lowest BCUT2D eigenvalue weighted by Crippen LogP contribution is -2.43. The highest BCUT2D eigenvalue weighted by Gasteiger charge is 2.41. The molecule has 3 heterocycles. The molecule has 0 N–H and O–H groups in total. The van der Waals surface area contributed by atoms with Gasteiger partial charge in [0.15, 0.2) is 0 Å². The third-order valence-corrected chi connectivity index (χ3v) is 20.3. The van der Waals surface area contributed by atoms with E-state index in [4.69, 9.17) is 23.1 Å². The second-order valence-corrected chi connectivity index (χ2v) is 26.8. The molecule has 0 radical (unpaired) electrons. The summed E-state index contributed by atoms with van der Waals surface area (Å²) in [6.07, 6.45) is 4.38. The van der Waals surface area contributed by atoms with Gasteiger partial charge in [0, 0.05) is 41.8 Å². The van der Waals surface area contributed by atoms with Crippen LogP contribution in [-0.2, 0) is 0 Å². The largest absolute Gasteiger partial charge is 0.543 e. The summed E-state index contributed by atoms with van der Waals surface area (Å²) in [5.74, 6) is 4.32. The number of fused-ring (bicyclic) bond motifs is 4. The monoisotopic (exact) mass is 713 g/mol. The number of likely N-dealkylation sites (tertiary alicyclic amines) is 1. The molecule has 6 rings (SSSR count). The van der Waals surface area contributed by atoms with Gasteiger partial charge in [0.2, 0.25) is 16.6 Å². The minimum atomic E-state index is -2.04. The summed E-state index contributed by atoms with van der Waals surface area (Å²) in [7, 11) is -4.07. The van der Waals surface area contributed by atoms with Crippen LogP contribution in [0.2, 0.25) is 36.3 Å². The first-order chi connectivity index (χ1) is 23.5. The van der Waals surface area contributed by atoms with Crippen molar-refractivity contribution in [3.8, 4) is 28.7 Å². The molecule has 0 spiro atoms. The molecule has 3 aliphatic rings. The first kappa shape index (κ1) is 36.6. The lowest BCUT2D eigenvalue weighted by atomic mass is 9.84. The predicted molar refractivity (Wildman–Crippen MR) is 211 cm³/mol. The number of rotatable bonds is 9. The Labute approximate surface area is 303 Å². The van der Waals surface area contributed by atoms with Crippen molar-refractivity contribution < 1.29 is 23.1 Å². The van der Waals surface area contributed by atoms with Gasteiger partial charge in [-0.1, -0.05) is 60.1 Å². The summed E-state index contributed by atoms with van der Waals surface area (Å²) in [5.41, 5.74) is 5.65. The molecule has 0 amide bonds. The lowest BCUT2D eigenvalue weighted by Gasteiger charge is -2.37. The van der Waals surface area contributed by atoms with E-state index in [1.807, 2.05) is 0 Å². The summed E-state index contributed by atoms with van der Waals surface area (Å²) < 4.78 is 33.3. The van der Waals surface area contributed by atoms with E-state index in [-0.39, 0.29) is 16.2 Å². The molecular weight excluding hydrogens is 655 g/mol. The molecule has 6 nitrogen and oxygen atoms in total. The standard InChI is InChI=1S/C42H59NO5Si2/c1-41(2,3)49(7,8)47-32-19-21-36-37(28-32)45-26-22-35-34-20-18-33(48-50(9,10)42(4,5)6)29-38(34)46-40(39(35)36)30-14-16-31(17-15-30)44-27-25-43-23-12-11-13-24-43/h14-21,28-29,40H,11-13,22-27H2,1-10H3. The van der Waals surface area contributed by atoms with Crippen molar-refractivity contribution >= 4 is 27.8 Å². The number of nitrogens with zero attached hydrogens (tertiary/aromatic N) is 1. The molecule has 270 valence electrons. The molecule has 0 aliphatic carbocycles. The van der Waals surface area contributed by atoms with Crippen molar-refractivity contribution in [1.82, 2.24) is 4.90 Å². The molecule has 1 saturated heterocycles. The van der Waals surface area contributed by atoms with Crippen molar-refractivity contribution in [3.05, 3.63) is 77.4 Å². The fourth-order valence-corrected chi connectivity index (χ4v) is 8.54. The third kappa shape index (κ3) is 7.82. The molecule has 0 saturated carbocycles. The molecule has 3 aromatic carbocycles. The Hall–Kier alpha value is -3.21. The molecule has 3 aromatic rings. The average molecular weight is 714 g/mol. The highest BCUT2D eigenvalue weighted by molar-refractivity contribution is 6.75. The molecule has 1 unspecified atom stereocenters. The Morgan fingerprint density at radius 3 is 1.86 bits per heavy atom. The van der Waals surface area contributed by atoms with Gasteiger partial charge in [-0.05, 0) is 110 Å². The van der Waals surface area contributed by atoms with E-state index in [1.54, 1.807) is 0 Å². The fourth-order valence-electron chi connectivity index (χ4n) is 6.49. The zero-order chi connectivity index (χ0) is 35.9. The SMILES string of the molecule is CC(C)(C)[Si](C)(C)Oc1ccc2c(c1)OC(c1ccc(OCCN3CCCCC3)cc1)C1=C2CCOc2cc(O[Si](C)(C)C(C)(C)C)ccc21. The Morgan fingerprint density at radius 1 is 0.700 bits per heavy atom. The normalized spacial score (nSPS) is 18.6. The smallest absolute Gasteiger partial charge is 0.250 e. The van der Waals surface area contributed by atoms with Crippen LogP contribution in [0.15, 0.2) is 60.7 Å². The van der Waals surface area contributed by atoms with Gasteiger partial charge in [-0.25, -0.2) is 0 Å². The first-order valence-corrected chi connectivity index (χ1v) is 24.5. The summed E-state index contributed by atoms with van der Waals surface area (Å²) in [6.45, 7) is 27.4. The minimum absolute atomic E-state index is 0.0923. The van der Waals surface area contributed by atoms with E-state index in [1.165, 1.54) is 37.9 Å². The van der Waals surface area contributed by atoms with E-state index >= 15 is 0 Å². The Bertz CT molecular complexity index is 1690. The number of ether oxygens (including phenoxy) is 3. The average Bonchev–Trinajstić information content (AvgIpc) is 3.23. The van der Waals surface area contributed by atoms with Crippen LogP contribution in [0.5, 0.6) is 28.7 Å². The van der Waals surface area contributed by atoms with Gasteiger partial charge in [0.05, 0.1) is 6.61 Å². The van der Waals surface area contributed by atoms with Gasteiger partial charge in [-0.2, -0.15) is 0 Å². The van der Waals surface area contributed by atoms with E-state index < -0.39 is 16.6 Å². The van der Waals surface area contributed by atoms with Crippen molar-refractivity contribution in [2.24, 2.45) is 0 Å². The van der Waals surface area contributed by atoms with Crippen molar-refractivity contribution in [1.29, 1.82) is 0 Å². The van der Waals surface area contributed by atoms with E-state index in [9.17, 15) is 0 Å². The van der Waals surface area contributed by atoms with Crippen molar-refractivity contribution in [3.63, 3.8) is 0 Å². The van der Waals surface area contributed by atoms with Gasteiger partial charge < -0.3 is 23.1 Å². The summed E-state index contributed by atoms with van der Waals surface area (Å²) in [6, 6.07) is 21.3. The topological polar surface area (TPSA) is 49.4 Å². The maximum absolute atomic E-state index is 7.05. The van der Waals surface area contributed by atoms with E-state index in [0.717, 1.165) is 64.0 Å². The highest BCUT2D eigenvalue weighted by atomic mass is 28.4. The van der Waals surface area contributed by atoms with Crippen LogP contribution in [0.4, 0.5) is 0 Å². The molecule has 3 aliphatic heterocycles. The fraction of sp³-hybridized carbons (Fsp3) is 0.524.